The third kappa shape index (κ3) is 3.49. The quantitative estimate of drug-likeness (QED) is 0.771. The third-order valence-electron chi connectivity index (χ3n) is 3.07. The van der Waals surface area contributed by atoms with Crippen LogP contribution in [0.3, 0.4) is 0 Å². The number of hydrogen-bond donors (Lipinski definition) is 0. The van der Waals surface area contributed by atoms with Crippen LogP contribution in [0.4, 0.5) is 5.69 Å². The lowest BCUT2D eigenvalue weighted by Gasteiger charge is -2.24. The van der Waals surface area contributed by atoms with E-state index in [4.69, 9.17) is 0 Å². The van der Waals surface area contributed by atoms with Gasteiger partial charge in [-0.2, -0.15) is 0 Å². The molecule has 0 heterocycles. The molecule has 3 nitrogen and oxygen atoms in total. The number of anilines is 1. The van der Waals surface area contributed by atoms with Gasteiger partial charge in [-0.15, -0.1) is 0 Å². The normalized spacial score (nSPS) is 11.2. The molecule has 0 unspecified atom stereocenters. The van der Waals surface area contributed by atoms with Gasteiger partial charge in [0, 0.05) is 12.7 Å². The van der Waals surface area contributed by atoms with Crippen molar-refractivity contribution in [3.8, 4) is 0 Å². The Balaban J connectivity index is 2.95. The van der Waals surface area contributed by atoms with E-state index in [1.807, 2.05) is 11.9 Å². The maximum atomic E-state index is 11.3. The molecule has 1 aromatic carbocycles. The Morgan fingerprint density at radius 2 is 1.94 bits per heavy atom. The molecule has 0 atom stereocenters. The molecule has 0 saturated heterocycles. The number of rotatable bonds is 3. The zero-order valence-corrected chi connectivity index (χ0v) is 12.2. The fourth-order valence-electron chi connectivity index (χ4n) is 1.89. The molecule has 0 aliphatic carbocycles. The molecule has 1 aromatic rings. The standard InChI is InChI=1S/C15H23NO2/c1-11-9-12(15(2,3)4)7-8-13(11)16(5)10-14(17)18-6/h7-9H,10H2,1-6H3. The van der Waals surface area contributed by atoms with Crippen molar-refractivity contribution in [3.05, 3.63) is 29.3 Å². The molecule has 0 spiro atoms. The Bertz CT molecular complexity index is 433. The first-order chi connectivity index (χ1) is 8.25. The third-order valence-corrected chi connectivity index (χ3v) is 3.07. The lowest BCUT2D eigenvalue weighted by molar-refractivity contribution is -0.138. The molecule has 0 N–H and O–H groups in total. The van der Waals surface area contributed by atoms with Crippen molar-refractivity contribution in [2.45, 2.75) is 33.1 Å². The SMILES string of the molecule is COC(=O)CN(C)c1ccc(C(C)(C)C)cc1C. The lowest BCUT2D eigenvalue weighted by Crippen LogP contribution is -2.27. The maximum Gasteiger partial charge on any atom is 0.325 e. The summed E-state index contributed by atoms with van der Waals surface area (Å²) >= 11 is 0. The molecule has 3 heteroatoms. The number of aryl methyl sites for hydroxylation is 1. The number of methoxy groups -OCH3 is 1. The number of esters is 1. The highest BCUT2D eigenvalue weighted by molar-refractivity contribution is 5.76. The van der Waals surface area contributed by atoms with Gasteiger partial charge < -0.3 is 9.64 Å². The number of benzene rings is 1. The van der Waals surface area contributed by atoms with Crippen LogP contribution in [0.1, 0.15) is 31.9 Å². The summed E-state index contributed by atoms with van der Waals surface area (Å²) in [5.41, 5.74) is 3.68. The fraction of sp³-hybridized carbons (Fsp3) is 0.533. The summed E-state index contributed by atoms with van der Waals surface area (Å²) < 4.78 is 4.68. The van der Waals surface area contributed by atoms with Crippen LogP contribution in [-0.2, 0) is 14.9 Å². The van der Waals surface area contributed by atoms with E-state index in [2.05, 4.69) is 50.6 Å². The van der Waals surface area contributed by atoms with Crippen molar-refractivity contribution >= 4 is 11.7 Å². The van der Waals surface area contributed by atoms with Crippen LogP contribution in [0.5, 0.6) is 0 Å². The van der Waals surface area contributed by atoms with Crippen molar-refractivity contribution in [3.63, 3.8) is 0 Å². The second-order valence-electron chi connectivity index (χ2n) is 5.68. The predicted molar refractivity (Wildman–Crippen MR) is 75.2 cm³/mol. The number of hydrogen-bond acceptors (Lipinski definition) is 3. The van der Waals surface area contributed by atoms with E-state index in [0.717, 1.165) is 5.69 Å². The van der Waals surface area contributed by atoms with Gasteiger partial charge in [-0.25, -0.2) is 0 Å². The first-order valence-electron chi connectivity index (χ1n) is 6.15. The molecule has 0 fully saturated rings. The smallest absolute Gasteiger partial charge is 0.325 e. The largest absolute Gasteiger partial charge is 0.468 e. The van der Waals surface area contributed by atoms with Crippen molar-refractivity contribution in [2.24, 2.45) is 0 Å². The monoisotopic (exact) mass is 249 g/mol. The van der Waals surface area contributed by atoms with Crippen molar-refractivity contribution in [1.29, 1.82) is 0 Å². The van der Waals surface area contributed by atoms with Crippen LogP contribution in [0.25, 0.3) is 0 Å². The van der Waals surface area contributed by atoms with Gasteiger partial charge in [0.05, 0.1) is 7.11 Å². The zero-order chi connectivity index (χ0) is 13.9. The molecule has 18 heavy (non-hydrogen) atoms. The molecule has 0 aliphatic rings. The molecule has 0 radical (unpaired) electrons. The van der Waals surface area contributed by atoms with Gasteiger partial charge in [-0.3, -0.25) is 4.79 Å². The Morgan fingerprint density at radius 1 is 1.33 bits per heavy atom. The van der Waals surface area contributed by atoms with Gasteiger partial charge in [-0.1, -0.05) is 32.9 Å². The highest BCUT2D eigenvalue weighted by Crippen LogP contribution is 2.27. The van der Waals surface area contributed by atoms with Gasteiger partial charge >= 0.3 is 5.97 Å². The van der Waals surface area contributed by atoms with Crippen LogP contribution >= 0.6 is 0 Å². The molecule has 0 aliphatic heterocycles. The highest BCUT2D eigenvalue weighted by Gasteiger charge is 2.16. The summed E-state index contributed by atoms with van der Waals surface area (Å²) in [6.07, 6.45) is 0. The molecular weight excluding hydrogens is 226 g/mol. The Morgan fingerprint density at radius 3 is 2.39 bits per heavy atom. The first-order valence-corrected chi connectivity index (χ1v) is 6.15. The van der Waals surface area contributed by atoms with E-state index < -0.39 is 0 Å². The van der Waals surface area contributed by atoms with E-state index >= 15 is 0 Å². The van der Waals surface area contributed by atoms with Crippen LogP contribution in [0.15, 0.2) is 18.2 Å². The number of likely N-dealkylation sites (N-methyl/N-ethyl adjacent to an activating group) is 1. The van der Waals surface area contributed by atoms with Gasteiger partial charge in [0.15, 0.2) is 0 Å². The fourth-order valence-corrected chi connectivity index (χ4v) is 1.89. The summed E-state index contributed by atoms with van der Waals surface area (Å²) in [7, 11) is 3.31. The predicted octanol–water partition coefficient (Wildman–Crippen LogP) is 2.90. The zero-order valence-electron chi connectivity index (χ0n) is 12.2. The van der Waals surface area contributed by atoms with Crippen molar-refractivity contribution in [1.82, 2.24) is 0 Å². The highest BCUT2D eigenvalue weighted by atomic mass is 16.5. The van der Waals surface area contributed by atoms with Gasteiger partial charge in [0.25, 0.3) is 0 Å². The summed E-state index contributed by atoms with van der Waals surface area (Å²) in [5, 5.41) is 0. The Kier molecular flexibility index (Phi) is 4.38. The Hall–Kier alpha value is -1.51. The minimum absolute atomic E-state index is 0.143. The van der Waals surface area contributed by atoms with Crippen molar-refractivity contribution < 1.29 is 9.53 Å². The van der Waals surface area contributed by atoms with E-state index in [0.29, 0.717) is 0 Å². The van der Waals surface area contributed by atoms with E-state index in [-0.39, 0.29) is 17.9 Å². The van der Waals surface area contributed by atoms with Gasteiger partial charge in [0.2, 0.25) is 0 Å². The molecule has 100 valence electrons. The van der Waals surface area contributed by atoms with E-state index in [9.17, 15) is 4.79 Å². The van der Waals surface area contributed by atoms with Gasteiger partial charge in [0.1, 0.15) is 6.54 Å². The van der Waals surface area contributed by atoms with E-state index in [1.165, 1.54) is 18.2 Å². The summed E-state index contributed by atoms with van der Waals surface area (Å²) in [5.74, 6) is -0.225. The summed E-state index contributed by atoms with van der Waals surface area (Å²) in [6.45, 7) is 8.92. The Labute approximate surface area is 110 Å². The first kappa shape index (κ1) is 14.6. The van der Waals surface area contributed by atoms with E-state index in [1.54, 1.807) is 0 Å². The average Bonchev–Trinajstić information content (AvgIpc) is 2.27. The number of carbonyl (C=O) groups is 1. The van der Waals surface area contributed by atoms with Crippen LogP contribution in [0, 0.1) is 6.92 Å². The molecule has 1 rings (SSSR count). The van der Waals surface area contributed by atoms with Gasteiger partial charge in [-0.05, 0) is 29.5 Å². The van der Waals surface area contributed by atoms with Crippen LogP contribution in [0.2, 0.25) is 0 Å². The molecular formula is C15H23NO2. The minimum Gasteiger partial charge on any atom is -0.468 e. The number of ether oxygens (including phenoxy) is 1. The second-order valence-corrected chi connectivity index (χ2v) is 5.68. The molecule has 0 aromatic heterocycles. The summed E-state index contributed by atoms with van der Waals surface area (Å²) in [6, 6.07) is 6.37. The topological polar surface area (TPSA) is 29.5 Å². The second kappa shape index (κ2) is 5.42. The molecule has 0 amide bonds. The molecule has 0 bridgehead atoms. The van der Waals surface area contributed by atoms with Crippen LogP contribution in [-0.4, -0.2) is 26.7 Å². The van der Waals surface area contributed by atoms with Crippen molar-refractivity contribution in [2.75, 3.05) is 25.6 Å². The number of carbonyl (C=O) groups excluding carboxylic acids is 1. The van der Waals surface area contributed by atoms with Crippen LogP contribution < -0.4 is 4.90 Å². The summed E-state index contributed by atoms with van der Waals surface area (Å²) in [4.78, 5) is 13.2. The average molecular weight is 249 g/mol. The lowest BCUT2D eigenvalue weighted by atomic mass is 9.86. The number of nitrogens with zero attached hydrogens (tertiary/aromatic N) is 1. The molecule has 0 saturated carbocycles. The maximum absolute atomic E-state index is 11.3. The minimum atomic E-state index is -0.225.